The number of aromatic nitrogens is 2. The third-order valence-electron chi connectivity index (χ3n) is 3.43. The molecule has 0 bridgehead atoms. The molecule has 6 nitrogen and oxygen atoms in total. The molecule has 0 amide bonds. The summed E-state index contributed by atoms with van der Waals surface area (Å²) in [5, 5.41) is 9.96. The van der Waals surface area contributed by atoms with Gasteiger partial charge in [-0.3, -0.25) is 18.9 Å². The third-order valence-corrected chi connectivity index (χ3v) is 3.43. The molecule has 1 aromatic heterocycles. The molecule has 0 saturated carbocycles. The summed E-state index contributed by atoms with van der Waals surface area (Å²) in [7, 11) is 2.76. The van der Waals surface area contributed by atoms with E-state index in [0.717, 1.165) is 25.9 Å². The Bertz CT molecular complexity index is 824. The first-order valence-electron chi connectivity index (χ1n) is 6.44. The monoisotopic (exact) mass is 287 g/mol. The Morgan fingerprint density at radius 3 is 2.24 bits per heavy atom. The van der Waals surface area contributed by atoms with Gasteiger partial charge in [0.05, 0.1) is 5.69 Å². The largest absolute Gasteiger partial charge is 0.494 e. The van der Waals surface area contributed by atoms with Gasteiger partial charge in [-0.15, -0.1) is 0 Å². The van der Waals surface area contributed by atoms with Gasteiger partial charge >= 0.3 is 5.69 Å². The van der Waals surface area contributed by atoms with Crippen molar-refractivity contribution in [1.82, 2.24) is 9.13 Å². The van der Waals surface area contributed by atoms with Gasteiger partial charge in [0.2, 0.25) is 5.88 Å². The van der Waals surface area contributed by atoms with Crippen molar-refractivity contribution in [3.05, 3.63) is 55.7 Å². The fraction of sp³-hybridized carbons (Fsp3) is 0.267. The zero-order chi connectivity index (χ0) is 15.7. The highest BCUT2D eigenvalue weighted by Gasteiger charge is 2.13. The highest BCUT2D eigenvalue weighted by molar-refractivity contribution is 5.84. The molecule has 2 aromatic rings. The molecule has 21 heavy (non-hydrogen) atoms. The Morgan fingerprint density at radius 1 is 1.10 bits per heavy atom. The predicted octanol–water partition coefficient (Wildman–Crippen LogP) is 1.16. The van der Waals surface area contributed by atoms with Gasteiger partial charge < -0.3 is 5.11 Å². The van der Waals surface area contributed by atoms with Crippen LogP contribution in [-0.4, -0.2) is 20.5 Å². The van der Waals surface area contributed by atoms with Gasteiger partial charge in [0, 0.05) is 20.3 Å². The summed E-state index contributed by atoms with van der Waals surface area (Å²) in [4.78, 5) is 28.0. The van der Waals surface area contributed by atoms with Crippen molar-refractivity contribution >= 4 is 11.9 Å². The van der Waals surface area contributed by atoms with Crippen LogP contribution in [0.25, 0.3) is 0 Å². The predicted molar refractivity (Wildman–Crippen MR) is 81.8 cm³/mol. The molecular formula is C15H17N3O3. The Labute approximate surface area is 121 Å². The maximum absolute atomic E-state index is 12.1. The van der Waals surface area contributed by atoms with E-state index in [2.05, 4.69) is 4.99 Å². The van der Waals surface area contributed by atoms with Crippen LogP contribution in [-0.2, 0) is 14.1 Å². The van der Waals surface area contributed by atoms with Gasteiger partial charge in [0.25, 0.3) is 5.56 Å². The van der Waals surface area contributed by atoms with E-state index in [1.165, 1.54) is 20.3 Å². The third kappa shape index (κ3) is 2.52. The molecule has 0 saturated heterocycles. The first-order chi connectivity index (χ1) is 9.84. The summed E-state index contributed by atoms with van der Waals surface area (Å²) in [5.41, 5.74) is 1.50. The molecular weight excluding hydrogens is 270 g/mol. The summed E-state index contributed by atoms with van der Waals surface area (Å²) in [6, 6.07) is 5.75. The molecule has 1 N–H and O–H groups in total. The van der Waals surface area contributed by atoms with Crippen molar-refractivity contribution < 1.29 is 5.11 Å². The molecule has 0 atom stereocenters. The van der Waals surface area contributed by atoms with E-state index in [1.54, 1.807) is 0 Å². The summed E-state index contributed by atoms with van der Waals surface area (Å²) in [6.45, 7) is 3.83. The van der Waals surface area contributed by atoms with Crippen LogP contribution >= 0.6 is 0 Å². The van der Waals surface area contributed by atoms with Gasteiger partial charge in [-0.05, 0) is 25.0 Å². The van der Waals surface area contributed by atoms with Crippen molar-refractivity contribution in [2.24, 2.45) is 19.1 Å². The summed E-state index contributed by atoms with van der Waals surface area (Å²) < 4.78 is 1.94. The van der Waals surface area contributed by atoms with Crippen LogP contribution in [0.2, 0.25) is 0 Å². The maximum Gasteiger partial charge on any atom is 0.333 e. The summed E-state index contributed by atoms with van der Waals surface area (Å²) >= 11 is 0. The molecule has 1 aromatic carbocycles. The summed E-state index contributed by atoms with van der Waals surface area (Å²) in [5.74, 6) is -0.391. The van der Waals surface area contributed by atoms with Crippen molar-refractivity contribution in [1.29, 1.82) is 0 Å². The fourth-order valence-electron chi connectivity index (χ4n) is 2.11. The number of aliphatic imine (C=N–C) groups is 1. The number of benzene rings is 1. The van der Waals surface area contributed by atoms with Crippen LogP contribution in [0.5, 0.6) is 5.88 Å². The van der Waals surface area contributed by atoms with E-state index >= 15 is 0 Å². The highest BCUT2D eigenvalue weighted by atomic mass is 16.3. The molecule has 0 aliphatic rings. The number of hydrogen-bond acceptors (Lipinski definition) is 4. The zero-order valence-corrected chi connectivity index (χ0v) is 12.4. The van der Waals surface area contributed by atoms with E-state index in [1.807, 2.05) is 32.0 Å². The van der Waals surface area contributed by atoms with Crippen LogP contribution in [0.4, 0.5) is 5.69 Å². The molecule has 0 aliphatic carbocycles. The second kappa shape index (κ2) is 5.40. The van der Waals surface area contributed by atoms with Crippen molar-refractivity contribution in [3.8, 4) is 5.88 Å². The number of aryl methyl sites for hydroxylation is 2. The maximum atomic E-state index is 12.1. The van der Waals surface area contributed by atoms with E-state index in [9.17, 15) is 14.7 Å². The van der Waals surface area contributed by atoms with Crippen LogP contribution in [0.3, 0.4) is 0 Å². The Morgan fingerprint density at radius 2 is 1.67 bits per heavy atom. The SMILES string of the molecule is Cc1cccc(C)c1N=Cc1c(O)n(C)c(=O)n(C)c1=O. The molecule has 1 heterocycles. The topological polar surface area (TPSA) is 76.6 Å². The zero-order valence-electron chi connectivity index (χ0n) is 12.4. The lowest BCUT2D eigenvalue weighted by molar-refractivity contribution is 0.410. The van der Waals surface area contributed by atoms with Gasteiger partial charge in [0.15, 0.2) is 0 Å². The molecule has 110 valence electrons. The minimum Gasteiger partial charge on any atom is -0.494 e. The van der Waals surface area contributed by atoms with E-state index < -0.39 is 17.1 Å². The van der Waals surface area contributed by atoms with Crippen molar-refractivity contribution in [2.75, 3.05) is 0 Å². The smallest absolute Gasteiger partial charge is 0.333 e. The quantitative estimate of drug-likeness (QED) is 0.842. The minimum absolute atomic E-state index is 0.0118. The second-order valence-electron chi connectivity index (χ2n) is 4.94. The molecule has 0 fully saturated rings. The van der Waals surface area contributed by atoms with Crippen LogP contribution in [0.15, 0.2) is 32.8 Å². The van der Waals surface area contributed by atoms with Gasteiger partial charge in [-0.25, -0.2) is 4.79 Å². The second-order valence-corrected chi connectivity index (χ2v) is 4.94. The number of para-hydroxylation sites is 1. The first-order valence-corrected chi connectivity index (χ1v) is 6.44. The molecule has 0 aliphatic heterocycles. The minimum atomic E-state index is -0.582. The van der Waals surface area contributed by atoms with Crippen molar-refractivity contribution in [3.63, 3.8) is 0 Å². The lowest BCUT2D eigenvalue weighted by atomic mass is 10.1. The molecule has 2 rings (SSSR count). The average molecular weight is 287 g/mol. The standard InChI is InChI=1S/C15H17N3O3/c1-9-6-5-7-10(2)12(9)16-8-11-13(19)17(3)15(21)18(4)14(11)20/h5-8,19H,1-4H3. The van der Waals surface area contributed by atoms with E-state index in [0.29, 0.717) is 0 Å². The molecule has 0 spiro atoms. The number of rotatable bonds is 2. The van der Waals surface area contributed by atoms with Crippen LogP contribution < -0.4 is 11.2 Å². The normalized spacial score (nSPS) is 11.2. The number of hydrogen-bond donors (Lipinski definition) is 1. The van der Waals surface area contributed by atoms with Crippen molar-refractivity contribution in [2.45, 2.75) is 13.8 Å². The highest BCUT2D eigenvalue weighted by Crippen LogP contribution is 2.23. The van der Waals surface area contributed by atoms with E-state index in [-0.39, 0.29) is 5.56 Å². The van der Waals surface area contributed by atoms with Gasteiger partial charge in [-0.2, -0.15) is 0 Å². The fourth-order valence-corrected chi connectivity index (χ4v) is 2.11. The van der Waals surface area contributed by atoms with Crippen LogP contribution in [0.1, 0.15) is 16.7 Å². The average Bonchev–Trinajstić information content (AvgIpc) is 2.45. The summed E-state index contributed by atoms with van der Waals surface area (Å²) in [6.07, 6.45) is 1.30. The molecule has 0 unspecified atom stereocenters. The lowest BCUT2D eigenvalue weighted by Crippen LogP contribution is -2.38. The molecule has 0 radical (unpaired) electrons. The van der Waals surface area contributed by atoms with E-state index in [4.69, 9.17) is 0 Å². The Balaban J connectivity index is 2.63. The van der Waals surface area contributed by atoms with Crippen LogP contribution in [0, 0.1) is 13.8 Å². The number of aromatic hydroxyl groups is 1. The lowest BCUT2D eigenvalue weighted by Gasteiger charge is -2.08. The van der Waals surface area contributed by atoms with Gasteiger partial charge in [-0.1, -0.05) is 18.2 Å². The first kappa shape index (κ1) is 14.8. The molecule has 6 heteroatoms. The Kier molecular flexibility index (Phi) is 3.80. The number of nitrogens with zero attached hydrogens (tertiary/aromatic N) is 3. The Hall–Kier alpha value is -2.63. The van der Waals surface area contributed by atoms with Gasteiger partial charge in [0.1, 0.15) is 5.56 Å².